The monoisotopic (exact) mass is 303 g/mol. The Balaban J connectivity index is 2.57. The number of benzene rings is 1. The normalized spacial score (nSPS) is 12.0. The predicted octanol–water partition coefficient (Wildman–Crippen LogP) is 3.86. The molecule has 1 aromatic carbocycles. The second kappa shape index (κ2) is 7.84. The second-order valence-electron chi connectivity index (χ2n) is 4.92. The zero-order valence-corrected chi connectivity index (χ0v) is 14.5. The molecule has 21 heavy (non-hydrogen) atoms. The number of rotatable bonds is 7. The molecule has 0 N–H and O–H groups in total. The molecule has 0 unspecified atom stereocenters. The Morgan fingerprint density at radius 3 is 2.00 bits per heavy atom. The Labute approximate surface area is 129 Å². The maximum Gasteiger partial charge on any atom is 0.0804 e. The zero-order valence-electron chi connectivity index (χ0n) is 13.6. The van der Waals surface area contributed by atoms with Crippen LogP contribution in [0.2, 0.25) is 0 Å². The van der Waals surface area contributed by atoms with Gasteiger partial charge in [0.2, 0.25) is 0 Å². The number of pyridine rings is 1. The molecule has 0 aliphatic carbocycles. The van der Waals surface area contributed by atoms with Crippen LogP contribution >= 0.6 is 8.22 Å². The summed E-state index contributed by atoms with van der Waals surface area (Å²) in [6.45, 7) is 13.3. The van der Waals surface area contributed by atoms with Gasteiger partial charge in [-0.2, -0.15) is 0 Å². The van der Waals surface area contributed by atoms with Crippen molar-refractivity contribution < 1.29 is 0 Å². The Morgan fingerprint density at radius 1 is 0.857 bits per heavy atom. The molecule has 114 valence electrons. The minimum atomic E-state index is -0.479. The Hall–Kier alpha value is -1.02. The van der Waals surface area contributed by atoms with Crippen LogP contribution in [-0.2, 0) is 0 Å². The molecule has 1 aromatic heterocycles. The SMILES string of the molecule is CCN(CC)P(c1cccc2cccnc12)N(CC)CC. The lowest BCUT2D eigenvalue weighted by molar-refractivity contribution is 0.430. The van der Waals surface area contributed by atoms with Crippen molar-refractivity contribution in [2.24, 2.45) is 0 Å². The summed E-state index contributed by atoms with van der Waals surface area (Å²) >= 11 is 0. The van der Waals surface area contributed by atoms with Crippen LogP contribution in [0.25, 0.3) is 10.9 Å². The molecular weight excluding hydrogens is 277 g/mol. The number of hydrogen-bond acceptors (Lipinski definition) is 3. The van der Waals surface area contributed by atoms with Crippen LogP contribution in [-0.4, -0.2) is 40.5 Å². The largest absolute Gasteiger partial charge is 0.267 e. The first kappa shape index (κ1) is 16.4. The van der Waals surface area contributed by atoms with Crippen molar-refractivity contribution in [3.8, 4) is 0 Å². The van der Waals surface area contributed by atoms with Crippen molar-refractivity contribution in [2.45, 2.75) is 27.7 Å². The third kappa shape index (κ3) is 3.42. The minimum absolute atomic E-state index is 0.479. The van der Waals surface area contributed by atoms with Gasteiger partial charge in [0.05, 0.1) is 13.7 Å². The van der Waals surface area contributed by atoms with Crippen LogP contribution < -0.4 is 5.30 Å². The van der Waals surface area contributed by atoms with E-state index in [1.54, 1.807) is 0 Å². The molecule has 0 atom stereocenters. The fraction of sp³-hybridized carbons (Fsp3) is 0.471. The standard InChI is InChI=1S/C17H26N3P/c1-5-19(6-2)21(20(7-3)8-4)16-13-9-11-15-12-10-14-18-17(15)16/h9-14H,5-8H2,1-4H3. The van der Waals surface area contributed by atoms with Crippen molar-refractivity contribution in [3.63, 3.8) is 0 Å². The number of nitrogens with zero attached hydrogens (tertiary/aromatic N) is 3. The molecule has 0 fully saturated rings. The first-order valence-electron chi connectivity index (χ1n) is 7.90. The maximum absolute atomic E-state index is 4.67. The van der Waals surface area contributed by atoms with Gasteiger partial charge in [-0.05, 0) is 12.1 Å². The summed E-state index contributed by atoms with van der Waals surface area (Å²) in [5.74, 6) is 0. The lowest BCUT2D eigenvalue weighted by Gasteiger charge is -2.38. The molecule has 2 rings (SSSR count). The topological polar surface area (TPSA) is 19.4 Å². The van der Waals surface area contributed by atoms with Gasteiger partial charge in [-0.25, -0.2) is 0 Å². The van der Waals surface area contributed by atoms with E-state index in [4.69, 9.17) is 0 Å². The van der Waals surface area contributed by atoms with E-state index in [2.05, 4.69) is 66.3 Å². The summed E-state index contributed by atoms with van der Waals surface area (Å²) in [5, 5.41) is 2.62. The molecule has 0 spiro atoms. The Bertz CT molecular complexity index is 547. The highest BCUT2D eigenvalue weighted by molar-refractivity contribution is 7.61. The van der Waals surface area contributed by atoms with Gasteiger partial charge in [0.1, 0.15) is 0 Å². The molecular formula is C17H26N3P. The lowest BCUT2D eigenvalue weighted by Crippen LogP contribution is -2.34. The molecule has 1 heterocycles. The maximum atomic E-state index is 4.67. The summed E-state index contributed by atoms with van der Waals surface area (Å²) in [4.78, 5) is 4.67. The molecule has 0 saturated carbocycles. The zero-order chi connectivity index (χ0) is 15.2. The van der Waals surface area contributed by atoms with E-state index in [0.29, 0.717) is 0 Å². The average molecular weight is 303 g/mol. The van der Waals surface area contributed by atoms with Crippen LogP contribution in [0.3, 0.4) is 0 Å². The van der Waals surface area contributed by atoms with E-state index in [-0.39, 0.29) is 0 Å². The smallest absolute Gasteiger partial charge is 0.0804 e. The molecule has 0 aliphatic rings. The van der Waals surface area contributed by atoms with Gasteiger partial charge >= 0.3 is 0 Å². The Morgan fingerprint density at radius 2 is 1.43 bits per heavy atom. The molecule has 4 heteroatoms. The van der Waals surface area contributed by atoms with E-state index in [0.717, 1.165) is 31.7 Å². The third-order valence-corrected chi connectivity index (χ3v) is 6.82. The van der Waals surface area contributed by atoms with Crippen molar-refractivity contribution in [1.82, 2.24) is 14.3 Å². The Kier molecular flexibility index (Phi) is 6.10. The number of aromatic nitrogens is 1. The van der Waals surface area contributed by atoms with Crippen molar-refractivity contribution in [3.05, 3.63) is 36.5 Å². The third-order valence-electron chi connectivity index (χ3n) is 3.82. The van der Waals surface area contributed by atoms with Gasteiger partial charge in [0, 0.05) is 43.1 Å². The number of hydrogen-bond donors (Lipinski definition) is 0. The van der Waals surface area contributed by atoms with Gasteiger partial charge in [-0.1, -0.05) is 45.9 Å². The molecule has 3 nitrogen and oxygen atoms in total. The molecule has 0 aliphatic heterocycles. The van der Waals surface area contributed by atoms with Gasteiger partial charge in [-0.15, -0.1) is 0 Å². The highest BCUT2D eigenvalue weighted by Crippen LogP contribution is 2.44. The molecule has 0 radical (unpaired) electrons. The van der Waals surface area contributed by atoms with E-state index in [1.165, 1.54) is 10.7 Å². The first-order chi connectivity index (χ1) is 10.3. The van der Waals surface area contributed by atoms with Crippen LogP contribution in [0.5, 0.6) is 0 Å². The molecule has 0 amide bonds. The quantitative estimate of drug-likeness (QED) is 0.724. The number of fused-ring (bicyclic) bond motifs is 1. The van der Waals surface area contributed by atoms with Crippen molar-refractivity contribution >= 4 is 24.4 Å². The fourth-order valence-electron chi connectivity index (χ4n) is 2.72. The molecule has 0 bridgehead atoms. The van der Waals surface area contributed by atoms with Gasteiger partial charge in [0.15, 0.2) is 0 Å². The predicted molar refractivity (Wildman–Crippen MR) is 94.1 cm³/mol. The van der Waals surface area contributed by atoms with Gasteiger partial charge in [0.25, 0.3) is 0 Å². The highest BCUT2D eigenvalue weighted by atomic mass is 31.1. The average Bonchev–Trinajstić information content (AvgIpc) is 2.55. The first-order valence-corrected chi connectivity index (χ1v) is 9.15. The van der Waals surface area contributed by atoms with E-state index < -0.39 is 8.22 Å². The molecule has 0 saturated heterocycles. The summed E-state index contributed by atoms with van der Waals surface area (Å²) in [6.07, 6.45) is 1.91. The van der Waals surface area contributed by atoms with Crippen LogP contribution in [0.4, 0.5) is 0 Å². The summed E-state index contributed by atoms with van der Waals surface area (Å²) in [5.41, 5.74) is 1.16. The van der Waals surface area contributed by atoms with Crippen LogP contribution in [0, 0.1) is 0 Å². The number of para-hydroxylation sites is 1. The lowest BCUT2D eigenvalue weighted by atomic mass is 10.2. The summed E-state index contributed by atoms with van der Waals surface area (Å²) < 4.78 is 5.15. The van der Waals surface area contributed by atoms with Gasteiger partial charge < -0.3 is 0 Å². The second-order valence-corrected chi connectivity index (χ2v) is 7.11. The van der Waals surface area contributed by atoms with Crippen LogP contribution in [0.15, 0.2) is 36.5 Å². The van der Waals surface area contributed by atoms with Crippen LogP contribution in [0.1, 0.15) is 27.7 Å². The minimum Gasteiger partial charge on any atom is -0.267 e. The van der Waals surface area contributed by atoms with E-state index >= 15 is 0 Å². The summed E-state index contributed by atoms with van der Waals surface area (Å²) in [6, 6.07) is 10.8. The summed E-state index contributed by atoms with van der Waals surface area (Å²) in [7, 11) is -0.479. The highest BCUT2D eigenvalue weighted by Gasteiger charge is 2.25. The van der Waals surface area contributed by atoms with E-state index in [1.807, 2.05) is 12.3 Å². The molecule has 2 aromatic rings. The van der Waals surface area contributed by atoms with Crippen molar-refractivity contribution in [1.29, 1.82) is 0 Å². The van der Waals surface area contributed by atoms with Gasteiger partial charge in [-0.3, -0.25) is 14.3 Å². The van der Waals surface area contributed by atoms with Crippen molar-refractivity contribution in [2.75, 3.05) is 26.2 Å². The van der Waals surface area contributed by atoms with E-state index in [9.17, 15) is 0 Å². The fourth-order valence-corrected chi connectivity index (χ4v) is 5.35.